The number of rotatable bonds is 3. The van der Waals surface area contributed by atoms with E-state index in [0.29, 0.717) is 12.8 Å². The molecule has 0 saturated carbocycles. The van der Waals surface area contributed by atoms with Crippen molar-refractivity contribution in [3.63, 3.8) is 0 Å². The SMILES string of the molecule is CCC(=O)Cc1nc2ccncc2n1C. The van der Waals surface area contributed by atoms with E-state index < -0.39 is 0 Å². The van der Waals surface area contributed by atoms with Crippen molar-refractivity contribution in [3.8, 4) is 0 Å². The third-order valence-corrected chi connectivity index (χ3v) is 2.53. The van der Waals surface area contributed by atoms with Gasteiger partial charge in [0.1, 0.15) is 11.6 Å². The van der Waals surface area contributed by atoms with E-state index in [0.717, 1.165) is 16.9 Å². The minimum atomic E-state index is 0.210. The van der Waals surface area contributed by atoms with Crippen molar-refractivity contribution < 1.29 is 4.79 Å². The van der Waals surface area contributed by atoms with Crippen LogP contribution in [0, 0.1) is 0 Å². The zero-order valence-electron chi connectivity index (χ0n) is 8.90. The van der Waals surface area contributed by atoms with Gasteiger partial charge < -0.3 is 4.57 Å². The van der Waals surface area contributed by atoms with Crippen LogP contribution in [0.25, 0.3) is 11.0 Å². The van der Waals surface area contributed by atoms with E-state index in [1.54, 1.807) is 12.4 Å². The first kappa shape index (κ1) is 9.83. The molecule has 0 aliphatic heterocycles. The minimum absolute atomic E-state index is 0.210. The Morgan fingerprint density at radius 3 is 3.00 bits per heavy atom. The first-order valence-electron chi connectivity index (χ1n) is 4.99. The number of pyridine rings is 1. The summed E-state index contributed by atoms with van der Waals surface area (Å²) in [6.45, 7) is 1.87. The van der Waals surface area contributed by atoms with Gasteiger partial charge in [0.2, 0.25) is 0 Å². The van der Waals surface area contributed by atoms with Crippen LogP contribution in [0.3, 0.4) is 0 Å². The highest BCUT2D eigenvalue weighted by Crippen LogP contribution is 2.13. The lowest BCUT2D eigenvalue weighted by Crippen LogP contribution is -2.06. The molecule has 2 aromatic heterocycles. The number of hydrogen-bond acceptors (Lipinski definition) is 3. The highest BCUT2D eigenvalue weighted by Gasteiger charge is 2.10. The number of carbonyl (C=O) groups excluding carboxylic acids is 1. The van der Waals surface area contributed by atoms with Crippen molar-refractivity contribution >= 4 is 16.8 Å². The van der Waals surface area contributed by atoms with Gasteiger partial charge in [-0.25, -0.2) is 4.98 Å². The van der Waals surface area contributed by atoms with Gasteiger partial charge in [-0.05, 0) is 6.07 Å². The number of carbonyl (C=O) groups is 1. The second-order valence-corrected chi connectivity index (χ2v) is 3.52. The van der Waals surface area contributed by atoms with Gasteiger partial charge >= 0.3 is 0 Å². The molecule has 0 amide bonds. The Hall–Kier alpha value is -1.71. The lowest BCUT2D eigenvalue weighted by Gasteiger charge is -1.99. The van der Waals surface area contributed by atoms with Gasteiger partial charge in [0.05, 0.1) is 23.7 Å². The van der Waals surface area contributed by atoms with Gasteiger partial charge in [0.15, 0.2) is 0 Å². The summed E-state index contributed by atoms with van der Waals surface area (Å²) < 4.78 is 1.93. The topological polar surface area (TPSA) is 47.8 Å². The van der Waals surface area contributed by atoms with E-state index in [1.807, 2.05) is 24.6 Å². The van der Waals surface area contributed by atoms with E-state index in [1.165, 1.54) is 0 Å². The summed E-state index contributed by atoms with van der Waals surface area (Å²) >= 11 is 0. The van der Waals surface area contributed by atoms with Gasteiger partial charge in [-0.1, -0.05) is 6.92 Å². The number of Topliss-reactive ketones (excluding diaryl/α,β-unsaturated/α-hetero) is 1. The molecule has 0 spiro atoms. The molecule has 0 unspecified atom stereocenters. The van der Waals surface area contributed by atoms with E-state index in [2.05, 4.69) is 9.97 Å². The molecule has 4 nitrogen and oxygen atoms in total. The van der Waals surface area contributed by atoms with Crippen molar-refractivity contribution in [3.05, 3.63) is 24.3 Å². The number of aromatic nitrogens is 3. The van der Waals surface area contributed by atoms with Crippen molar-refractivity contribution in [2.24, 2.45) is 7.05 Å². The molecule has 0 radical (unpaired) electrons. The van der Waals surface area contributed by atoms with E-state index in [4.69, 9.17) is 0 Å². The van der Waals surface area contributed by atoms with Gasteiger partial charge in [-0.15, -0.1) is 0 Å². The largest absolute Gasteiger partial charge is 0.329 e. The van der Waals surface area contributed by atoms with Crippen LogP contribution in [0.2, 0.25) is 0 Å². The molecule has 0 aromatic carbocycles. The van der Waals surface area contributed by atoms with Gasteiger partial charge in [0.25, 0.3) is 0 Å². The first-order chi connectivity index (χ1) is 7.22. The van der Waals surface area contributed by atoms with Crippen molar-refractivity contribution in [1.29, 1.82) is 0 Å². The third kappa shape index (κ3) is 1.75. The number of nitrogens with zero attached hydrogens (tertiary/aromatic N) is 3. The fourth-order valence-electron chi connectivity index (χ4n) is 1.54. The molecule has 2 heterocycles. The van der Waals surface area contributed by atoms with Gasteiger partial charge in [-0.2, -0.15) is 0 Å². The molecule has 4 heteroatoms. The zero-order valence-corrected chi connectivity index (χ0v) is 8.90. The van der Waals surface area contributed by atoms with Gasteiger partial charge in [-0.3, -0.25) is 9.78 Å². The Labute approximate surface area is 88.0 Å². The maximum atomic E-state index is 11.3. The van der Waals surface area contributed by atoms with Crippen LogP contribution in [0.4, 0.5) is 0 Å². The predicted molar refractivity (Wildman–Crippen MR) is 57.5 cm³/mol. The van der Waals surface area contributed by atoms with E-state index in [9.17, 15) is 4.79 Å². The second-order valence-electron chi connectivity index (χ2n) is 3.52. The van der Waals surface area contributed by atoms with Crippen LogP contribution in [0.1, 0.15) is 19.2 Å². The van der Waals surface area contributed by atoms with Crippen LogP contribution in [-0.4, -0.2) is 20.3 Å². The molecule has 15 heavy (non-hydrogen) atoms. The van der Waals surface area contributed by atoms with Crippen LogP contribution >= 0.6 is 0 Å². The molecule has 78 valence electrons. The fourth-order valence-corrected chi connectivity index (χ4v) is 1.54. The van der Waals surface area contributed by atoms with Crippen LogP contribution < -0.4 is 0 Å². The third-order valence-electron chi connectivity index (χ3n) is 2.53. The summed E-state index contributed by atoms with van der Waals surface area (Å²) in [4.78, 5) is 19.8. The zero-order chi connectivity index (χ0) is 10.8. The average molecular weight is 203 g/mol. The quantitative estimate of drug-likeness (QED) is 0.759. The Bertz CT molecular complexity index is 502. The smallest absolute Gasteiger partial charge is 0.140 e. The monoisotopic (exact) mass is 203 g/mol. The van der Waals surface area contributed by atoms with Gasteiger partial charge in [0, 0.05) is 19.7 Å². The molecule has 2 rings (SSSR count). The molecule has 0 atom stereocenters. The summed E-state index contributed by atoms with van der Waals surface area (Å²) in [6, 6.07) is 1.86. The highest BCUT2D eigenvalue weighted by molar-refractivity contribution is 5.82. The highest BCUT2D eigenvalue weighted by atomic mass is 16.1. The van der Waals surface area contributed by atoms with Crippen molar-refractivity contribution in [1.82, 2.24) is 14.5 Å². The molecule has 0 fully saturated rings. The lowest BCUT2D eigenvalue weighted by atomic mass is 10.2. The summed E-state index contributed by atoms with van der Waals surface area (Å²) in [5, 5.41) is 0. The Morgan fingerprint density at radius 2 is 2.33 bits per heavy atom. The summed E-state index contributed by atoms with van der Waals surface area (Å²) in [5.74, 6) is 1.02. The molecule has 0 N–H and O–H groups in total. The maximum Gasteiger partial charge on any atom is 0.140 e. The summed E-state index contributed by atoms with van der Waals surface area (Å²) in [7, 11) is 1.91. The molecule has 0 aliphatic rings. The Balaban J connectivity index is 2.44. The Kier molecular flexibility index (Phi) is 2.49. The lowest BCUT2D eigenvalue weighted by molar-refractivity contribution is -0.118. The van der Waals surface area contributed by atoms with E-state index in [-0.39, 0.29) is 5.78 Å². The summed E-state index contributed by atoms with van der Waals surface area (Å²) in [5.41, 5.74) is 1.86. The number of hydrogen-bond donors (Lipinski definition) is 0. The van der Waals surface area contributed by atoms with Crippen LogP contribution in [-0.2, 0) is 18.3 Å². The number of fused-ring (bicyclic) bond motifs is 1. The normalized spacial score (nSPS) is 10.8. The maximum absolute atomic E-state index is 11.3. The van der Waals surface area contributed by atoms with Crippen LogP contribution in [0.5, 0.6) is 0 Å². The minimum Gasteiger partial charge on any atom is -0.329 e. The Morgan fingerprint density at radius 1 is 1.53 bits per heavy atom. The molecular formula is C11H13N3O. The van der Waals surface area contributed by atoms with E-state index >= 15 is 0 Å². The van der Waals surface area contributed by atoms with Crippen molar-refractivity contribution in [2.75, 3.05) is 0 Å². The van der Waals surface area contributed by atoms with Crippen molar-refractivity contribution in [2.45, 2.75) is 19.8 Å². The molecular weight excluding hydrogens is 190 g/mol. The first-order valence-corrected chi connectivity index (χ1v) is 4.99. The average Bonchev–Trinajstić information content (AvgIpc) is 2.57. The van der Waals surface area contributed by atoms with Crippen LogP contribution in [0.15, 0.2) is 18.5 Å². The predicted octanol–water partition coefficient (Wildman–Crippen LogP) is 1.49. The fraction of sp³-hybridized carbons (Fsp3) is 0.364. The second kappa shape index (κ2) is 3.81. The number of imidazole rings is 1. The molecule has 0 saturated heterocycles. The number of aryl methyl sites for hydroxylation is 1. The number of ketones is 1. The standard InChI is InChI=1S/C11H13N3O/c1-3-8(15)6-11-13-9-4-5-12-7-10(9)14(11)2/h4-5,7H,3,6H2,1-2H3. The molecule has 0 bridgehead atoms. The molecule has 2 aromatic rings. The summed E-state index contributed by atoms with van der Waals surface area (Å²) in [6.07, 6.45) is 4.44. The molecule has 0 aliphatic carbocycles.